The number of hydrogen-bond acceptors (Lipinski definition) is 3. The summed E-state index contributed by atoms with van der Waals surface area (Å²) in [5, 5.41) is 3.48. The zero-order valence-electron chi connectivity index (χ0n) is 11.0. The highest BCUT2D eigenvalue weighted by atomic mass is 79.9. The molecule has 1 aromatic heterocycles. The van der Waals surface area contributed by atoms with E-state index in [9.17, 15) is 0 Å². The molecule has 0 radical (unpaired) electrons. The summed E-state index contributed by atoms with van der Waals surface area (Å²) in [5.41, 5.74) is 6.97. The van der Waals surface area contributed by atoms with Crippen LogP contribution in [0.25, 0.3) is 0 Å². The third-order valence-electron chi connectivity index (χ3n) is 2.79. The second-order valence-electron chi connectivity index (χ2n) is 5.48. The van der Waals surface area contributed by atoms with Crippen molar-refractivity contribution in [3.05, 3.63) is 22.3 Å². The van der Waals surface area contributed by atoms with Gasteiger partial charge in [-0.1, -0.05) is 20.8 Å². The number of nitrogens with one attached hydrogen (secondary N) is 1. The van der Waals surface area contributed by atoms with E-state index in [1.807, 2.05) is 13.1 Å². The Bertz CT molecular complexity index is 371. The van der Waals surface area contributed by atoms with Crippen LogP contribution >= 0.6 is 15.9 Å². The second-order valence-corrected chi connectivity index (χ2v) is 6.34. The first kappa shape index (κ1) is 14.5. The number of anilines is 1. The lowest BCUT2D eigenvalue weighted by Gasteiger charge is -2.32. The summed E-state index contributed by atoms with van der Waals surface area (Å²) in [6.07, 6.45) is 2.81. The fraction of sp³-hybridized carbons (Fsp3) is 0.615. The Hall–Kier alpha value is -0.610. The van der Waals surface area contributed by atoms with Crippen LogP contribution in [-0.2, 0) is 0 Å². The number of aryl methyl sites for hydroxylation is 1. The highest BCUT2D eigenvalue weighted by Crippen LogP contribution is 2.28. The van der Waals surface area contributed by atoms with Crippen LogP contribution < -0.4 is 11.1 Å². The highest BCUT2D eigenvalue weighted by Gasteiger charge is 2.24. The summed E-state index contributed by atoms with van der Waals surface area (Å²) >= 11 is 3.54. The maximum Gasteiger partial charge on any atom is 0.140 e. The molecule has 3 N–H and O–H groups in total. The van der Waals surface area contributed by atoms with Gasteiger partial charge in [-0.2, -0.15) is 0 Å². The van der Waals surface area contributed by atoms with Crippen LogP contribution in [0.15, 0.2) is 16.7 Å². The zero-order chi connectivity index (χ0) is 13.1. The van der Waals surface area contributed by atoms with E-state index < -0.39 is 0 Å². The lowest BCUT2D eigenvalue weighted by Crippen LogP contribution is -2.36. The predicted octanol–water partition coefficient (Wildman–Crippen LogP) is 3.33. The molecule has 0 bridgehead atoms. The molecule has 0 aliphatic rings. The topological polar surface area (TPSA) is 50.9 Å². The van der Waals surface area contributed by atoms with E-state index >= 15 is 0 Å². The molecule has 0 aliphatic carbocycles. The molecule has 1 aromatic rings. The Morgan fingerprint density at radius 3 is 2.59 bits per heavy atom. The average molecular weight is 300 g/mol. The van der Waals surface area contributed by atoms with Crippen molar-refractivity contribution in [2.75, 3.05) is 11.9 Å². The third kappa shape index (κ3) is 4.28. The van der Waals surface area contributed by atoms with Crippen LogP contribution in [0.4, 0.5) is 5.82 Å². The van der Waals surface area contributed by atoms with Crippen molar-refractivity contribution < 1.29 is 0 Å². The van der Waals surface area contributed by atoms with Gasteiger partial charge in [-0.3, -0.25) is 0 Å². The van der Waals surface area contributed by atoms with Crippen molar-refractivity contribution in [1.82, 2.24) is 4.98 Å². The van der Waals surface area contributed by atoms with Crippen LogP contribution in [0.5, 0.6) is 0 Å². The molecule has 0 aromatic carbocycles. The molecule has 0 saturated heterocycles. The number of nitrogens with two attached hydrogens (primary N) is 1. The molecule has 17 heavy (non-hydrogen) atoms. The predicted molar refractivity (Wildman–Crippen MR) is 77.2 cm³/mol. The van der Waals surface area contributed by atoms with Crippen LogP contribution in [0.2, 0.25) is 0 Å². The number of nitrogens with zero attached hydrogens (tertiary/aromatic N) is 1. The number of rotatable bonds is 4. The van der Waals surface area contributed by atoms with E-state index in [0.717, 1.165) is 22.3 Å². The van der Waals surface area contributed by atoms with Gasteiger partial charge in [0, 0.05) is 12.2 Å². The molecule has 1 rings (SSSR count). The van der Waals surface area contributed by atoms with Crippen LogP contribution in [-0.4, -0.2) is 17.6 Å². The first-order valence-corrected chi connectivity index (χ1v) is 6.72. The summed E-state index contributed by atoms with van der Waals surface area (Å²) in [4.78, 5) is 4.41. The van der Waals surface area contributed by atoms with E-state index in [1.54, 1.807) is 0 Å². The lowest BCUT2D eigenvalue weighted by atomic mass is 9.85. The fourth-order valence-corrected chi connectivity index (χ4v) is 2.27. The van der Waals surface area contributed by atoms with Gasteiger partial charge >= 0.3 is 0 Å². The van der Waals surface area contributed by atoms with Crippen molar-refractivity contribution in [3.63, 3.8) is 0 Å². The third-order valence-corrected chi connectivity index (χ3v) is 3.39. The molecular formula is C13H22BrN3. The number of halogens is 1. The first-order chi connectivity index (χ1) is 7.84. The Morgan fingerprint density at radius 2 is 2.12 bits per heavy atom. The average Bonchev–Trinajstić information content (AvgIpc) is 2.19. The minimum atomic E-state index is 0.158. The SMILES string of the molecule is Cc1cnc(NC(CCN)C(C)(C)C)c(Br)c1. The Labute approximate surface area is 112 Å². The summed E-state index contributed by atoms with van der Waals surface area (Å²) < 4.78 is 1.00. The quantitative estimate of drug-likeness (QED) is 0.896. The maximum absolute atomic E-state index is 5.67. The van der Waals surface area contributed by atoms with Crippen LogP contribution in [0, 0.1) is 12.3 Å². The van der Waals surface area contributed by atoms with Gasteiger partial charge in [0.15, 0.2) is 0 Å². The largest absolute Gasteiger partial charge is 0.366 e. The van der Waals surface area contributed by atoms with E-state index in [4.69, 9.17) is 5.73 Å². The normalized spacial score (nSPS) is 13.5. The van der Waals surface area contributed by atoms with Crippen molar-refractivity contribution >= 4 is 21.7 Å². The lowest BCUT2D eigenvalue weighted by molar-refractivity contribution is 0.328. The zero-order valence-corrected chi connectivity index (χ0v) is 12.6. The van der Waals surface area contributed by atoms with Gasteiger partial charge < -0.3 is 11.1 Å². The van der Waals surface area contributed by atoms with Gasteiger partial charge in [-0.05, 0) is 52.9 Å². The molecule has 0 amide bonds. The second kappa shape index (κ2) is 5.83. The highest BCUT2D eigenvalue weighted by molar-refractivity contribution is 9.10. The van der Waals surface area contributed by atoms with Gasteiger partial charge in [-0.15, -0.1) is 0 Å². The molecular weight excluding hydrogens is 278 g/mol. The van der Waals surface area contributed by atoms with Gasteiger partial charge in [0.1, 0.15) is 5.82 Å². The Balaban J connectivity index is 2.86. The Morgan fingerprint density at radius 1 is 1.47 bits per heavy atom. The molecule has 1 atom stereocenters. The maximum atomic E-state index is 5.67. The van der Waals surface area contributed by atoms with Gasteiger partial charge in [0.25, 0.3) is 0 Å². The summed E-state index contributed by atoms with van der Waals surface area (Å²) in [6.45, 7) is 9.34. The monoisotopic (exact) mass is 299 g/mol. The minimum absolute atomic E-state index is 0.158. The molecule has 4 heteroatoms. The summed E-state index contributed by atoms with van der Waals surface area (Å²) in [6, 6.07) is 2.39. The van der Waals surface area contributed by atoms with Crippen LogP contribution in [0.1, 0.15) is 32.8 Å². The number of aromatic nitrogens is 1. The standard InChI is InChI=1S/C13H22BrN3/c1-9-7-10(14)12(16-8-9)17-11(5-6-15)13(2,3)4/h7-8,11H,5-6,15H2,1-4H3,(H,16,17). The molecule has 96 valence electrons. The summed E-state index contributed by atoms with van der Waals surface area (Å²) in [5.74, 6) is 0.893. The van der Waals surface area contributed by atoms with E-state index in [0.29, 0.717) is 12.6 Å². The molecule has 1 unspecified atom stereocenters. The van der Waals surface area contributed by atoms with Gasteiger partial charge in [-0.25, -0.2) is 4.98 Å². The minimum Gasteiger partial charge on any atom is -0.366 e. The van der Waals surface area contributed by atoms with E-state index in [-0.39, 0.29) is 5.41 Å². The van der Waals surface area contributed by atoms with Gasteiger partial charge in [0.2, 0.25) is 0 Å². The van der Waals surface area contributed by atoms with Crippen molar-refractivity contribution in [2.45, 2.75) is 40.2 Å². The number of hydrogen-bond donors (Lipinski definition) is 2. The molecule has 1 heterocycles. The van der Waals surface area contributed by atoms with Crippen LogP contribution in [0.3, 0.4) is 0 Å². The molecule has 0 spiro atoms. The summed E-state index contributed by atoms with van der Waals surface area (Å²) in [7, 11) is 0. The molecule has 0 saturated carbocycles. The van der Waals surface area contributed by atoms with E-state index in [1.165, 1.54) is 0 Å². The molecule has 0 aliphatic heterocycles. The van der Waals surface area contributed by atoms with Crippen molar-refractivity contribution in [1.29, 1.82) is 0 Å². The number of pyridine rings is 1. The van der Waals surface area contributed by atoms with Crippen molar-refractivity contribution in [2.24, 2.45) is 11.1 Å². The molecule has 0 fully saturated rings. The van der Waals surface area contributed by atoms with Crippen molar-refractivity contribution in [3.8, 4) is 0 Å². The Kier molecular flexibility index (Phi) is 4.95. The molecule has 3 nitrogen and oxygen atoms in total. The fourth-order valence-electron chi connectivity index (χ4n) is 1.69. The van der Waals surface area contributed by atoms with Gasteiger partial charge in [0.05, 0.1) is 4.47 Å². The smallest absolute Gasteiger partial charge is 0.140 e. The first-order valence-electron chi connectivity index (χ1n) is 5.93. The van der Waals surface area contributed by atoms with E-state index in [2.05, 4.69) is 53.1 Å².